The molecule has 0 fully saturated rings. The summed E-state index contributed by atoms with van der Waals surface area (Å²) in [4.78, 5) is 0. The van der Waals surface area contributed by atoms with Crippen molar-refractivity contribution in [3.8, 4) is 11.5 Å². The third-order valence-electron chi connectivity index (χ3n) is 1.98. The summed E-state index contributed by atoms with van der Waals surface area (Å²) in [6.45, 7) is 0.544. The van der Waals surface area contributed by atoms with Crippen LogP contribution in [0.2, 0.25) is 5.02 Å². The lowest BCUT2D eigenvalue weighted by molar-refractivity contribution is 0.391. The Balaban J connectivity index is 3.13. The second kappa shape index (κ2) is 5.08. The first kappa shape index (κ1) is 11.1. The first-order valence-electron chi connectivity index (χ1n) is 4.33. The maximum Gasteiger partial charge on any atom is 0.127 e. The Bertz CT molecular complexity index is 315. The second-order valence-corrected chi connectivity index (χ2v) is 3.24. The standard InChI is InChI=1S/C10H14ClNO2/c1-13-7-5-9(11)8(3-4-12)10(6-7)14-2/h5-6H,3-4,12H2,1-2H3. The maximum absolute atomic E-state index is 6.06. The van der Waals surface area contributed by atoms with E-state index in [0.29, 0.717) is 23.7 Å². The third kappa shape index (κ3) is 2.30. The number of hydrogen-bond acceptors (Lipinski definition) is 3. The number of ether oxygens (including phenoxy) is 2. The SMILES string of the molecule is COc1cc(Cl)c(CCN)c(OC)c1. The van der Waals surface area contributed by atoms with Crippen LogP contribution in [0.4, 0.5) is 0 Å². The van der Waals surface area contributed by atoms with Gasteiger partial charge in [-0.2, -0.15) is 0 Å². The summed E-state index contributed by atoms with van der Waals surface area (Å²) in [5.74, 6) is 1.41. The van der Waals surface area contributed by atoms with Gasteiger partial charge in [-0.15, -0.1) is 0 Å². The van der Waals surface area contributed by atoms with Crippen LogP contribution < -0.4 is 15.2 Å². The summed E-state index contributed by atoms with van der Waals surface area (Å²) >= 11 is 6.06. The Hall–Kier alpha value is -0.930. The zero-order valence-corrected chi connectivity index (χ0v) is 9.10. The molecular formula is C10H14ClNO2. The molecule has 1 aromatic rings. The van der Waals surface area contributed by atoms with Gasteiger partial charge in [0.2, 0.25) is 0 Å². The molecule has 0 aliphatic heterocycles. The molecule has 0 radical (unpaired) electrons. The zero-order chi connectivity index (χ0) is 10.6. The molecule has 3 nitrogen and oxygen atoms in total. The predicted molar refractivity (Wildman–Crippen MR) is 57.3 cm³/mol. The highest BCUT2D eigenvalue weighted by molar-refractivity contribution is 6.31. The molecule has 0 amide bonds. The van der Waals surface area contributed by atoms with Gasteiger partial charge >= 0.3 is 0 Å². The van der Waals surface area contributed by atoms with Crippen molar-refractivity contribution in [1.82, 2.24) is 0 Å². The average Bonchev–Trinajstić information content (AvgIpc) is 2.20. The minimum Gasteiger partial charge on any atom is -0.497 e. The second-order valence-electron chi connectivity index (χ2n) is 2.83. The summed E-state index contributed by atoms with van der Waals surface area (Å²) in [5, 5.41) is 0.631. The lowest BCUT2D eigenvalue weighted by Gasteiger charge is -2.11. The van der Waals surface area contributed by atoms with Gasteiger partial charge in [-0.3, -0.25) is 0 Å². The first-order chi connectivity index (χ1) is 6.72. The molecule has 14 heavy (non-hydrogen) atoms. The number of methoxy groups -OCH3 is 2. The van der Waals surface area contributed by atoms with Crippen molar-refractivity contribution < 1.29 is 9.47 Å². The highest BCUT2D eigenvalue weighted by atomic mass is 35.5. The van der Waals surface area contributed by atoms with E-state index in [0.717, 1.165) is 11.3 Å². The Morgan fingerprint density at radius 2 is 2.00 bits per heavy atom. The molecule has 0 heterocycles. The molecule has 0 saturated carbocycles. The minimum absolute atomic E-state index is 0.544. The van der Waals surface area contributed by atoms with Crippen LogP contribution in [0.25, 0.3) is 0 Å². The number of hydrogen-bond donors (Lipinski definition) is 1. The monoisotopic (exact) mass is 215 g/mol. The van der Waals surface area contributed by atoms with Crippen molar-refractivity contribution >= 4 is 11.6 Å². The van der Waals surface area contributed by atoms with Gasteiger partial charge < -0.3 is 15.2 Å². The van der Waals surface area contributed by atoms with Crippen LogP contribution in [0.1, 0.15) is 5.56 Å². The molecule has 1 aromatic carbocycles. The van der Waals surface area contributed by atoms with E-state index in [1.807, 2.05) is 0 Å². The van der Waals surface area contributed by atoms with Gasteiger partial charge in [0.15, 0.2) is 0 Å². The molecule has 0 aliphatic rings. The fourth-order valence-corrected chi connectivity index (χ4v) is 1.57. The van der Waals surface area contributed by atoms with Crippen molar-refractivity contribution in [2.75, 3.05) is 20.8 Å². The van der Waals surface area contributed by atoms with Crippen LogP contribution in [0.5, 0.6) is 11.5 Å². The Morgan fingerprint density at radius 3 is 2.50 bits per heavy atom. The number of halogens is 1. The van der Waals surface area contributed by atoms with E-state index in [4.69, 9.17) is 26.8 Å². The molecule has 2 N–H and O–H groups in total. The molecule has 1 rings (SSSR count). The van der Waals surface area contributed by atoms with E-state index in [1.54, 1.807) is 26.4 Å². The highest BCUT2D eigenvalue weighted by Gasteiger charge is 2.09. The molecule has 0 aliphatic carbocycles. The van der Waals surface area contributed by atoms with Crippen LogP contribution >= 0.6 is 11.6 Å². The largest absolute Gasteiger partial charge is 0.497 e. The van der Waals surface area contributed by atoms with Crippen LogP contribution in [-0.4, -0.2) is 20.8 Å². The molecule has 0 atom stereocenters. The summed E-state index contributed by atoms with van der Waals surface area (Å²) in [6.07, 6.45) is 0.700. The summed E-state index contributed by atoms with van der Waals surface area (Å²) in [6, 6.07) is 3.56. The molecular weight excluding hydrogens is 202 g/mol. The topological polar surface area (TPSA) is 44.5 Å². The van der Waals surface area contributed by atoms with E-state index in [-0.39, 0.29) is 0 Å². The van der Waals surface area contributed by atoms with Gasteiger partial charge in [-0.1, -0.05) is 11.6 Å². The van der Waals surface area contributed by atoms with Crippen LogP contribution in [0.15, 0.2) is 12.1 Å². The van der Waals surface area contributed by atoms with Gasteiger partial charge in [0.05, 0.1) is 19.2 Å². The first-order valence-corrected chi connectivity index (χ1v) is 4.71. The quantitative estimate of drug-likeness (QED) is 0.834. The molecule has 0 bridgehead atoms. The fraction of sp³-hybridized carbons (Fsp3) is 0.400. The van der Waals surface area contributed by atoms with Gasteiger partial charge in [-0.05, 0) is 19.0 Å². The van der Waals surface area contributed by atoms with Gasteiger partial charge in [0.25, 0.3) is 0 Å². The van der Waals surface area contributed by atoms with Crippen molar-refractivity contribution in [3.05, 3.63) is 22.7 Å². The third-order valence-corrected chi connectivity index (χ3v) is 2.32. The highest BCUT2D eigenvalue weighted by Crippen LogP contribution is 2.32. The van der Waals surface area contributed by atoms with Crippen molar-refractivity contribution in [2.24, 2.45) is 5.73 Å². The van der Waals surface area contributed by atoms with Crippen LogP contribution in [0, 0.1) is 0 Å². The van der Waals surface area contributed by atoms with Crippen LogP contribution in [-0.2, 0) is 6.42 Å². The van der Waals surface area contributed by atoms with Gasteiger partial charge in [0.1, 0.15) is 11.5 Å². The molecule has 0 aromatic heterocycles. The van der Waals surface area contributed by atoms with Crippen molar-refractivity contribution in [3.63, 3.8) is 0 Å². The van der Waals surface area contributed by atoms with Crippen molar-refractivity contribution in [2.45, 2.75) is 6.42 Å². The van der Waals surface area contributed by atoms with E-state index in [9.17, 15) is 0 Å². The maximum atomic E-state index is 6.06. The van der Waals surface area contributed by atoms with E-state index in [1.165, 1.54) is 0 Å². The molecule has 78 valence electrons. The zero-order valence-electron chi connectivity index (χ0n) is 8.34. The summed E-state index contributed by atoms with van der Waals surface area (Å²) in [5.41, 5.74) is 6.41. The van der Waals surface area contributed by atoms with Crippen molar-refractivity contribution in [1.29, 1.82) is 0 Å². The Kier molecular flexibility index (Phi) is 4.04. The summed E-state index contributed by atoms with van der Waals surface area (Å²) in [7, 11) is 3.19. The number of rotatable bonds is 4. The lowest BCUT2D eigenvalue weighted by atomic mass is 10.1. The number of nitrogens with two attached hydrogens (primary N) is 1. The normalized spacial score (nSPS) is 10.0. The van der Waals surface area contributed by atoms with E-state index >= 15 is 0 Å². The molecule has 0 saturated heterocycles. The lowest BCUT2D eigenvalue weighted by Crippen LogP contribution is -2.05. The van der Waals surface area contributed by atoms with E-state index < -0.39 is 0 Å². The summed E-state index contributed by atoms with van der Waals surface area (Å²) < 4.78 is 10.3. The molecule has 0 spiro atoms. The van der Waals surface area contributed by atoms with E-state index in [2.05, 4.69) is 0 Å². The Labute approximate surface area is 88.8 Å². The molecule has 4 heteroatoms. The Morgan fingerprint density at radius 1 is 1.29 bits per heavy atom. The average molecular weight is 216 g/mol. The van der Waals surface area contributed by atoms with Gasteiger partial charge in [-0.25, -0.2) is 0 Å². The van der Waals surface area contributed by atoms with Crippen LogP contribution in [0.3, 0.4) is 0 Å². The minimum atomic E-state index is 0.544. The fourth-order valence-electron chi connectivity index (χ4n) is 1.27. The predicted octanol–water partition coefficient (Wildman–Crippen LogP) is 1.86. The number of benzene rings is 1. The van der Waals surface area contributed by atoms with Gasteiger partial charge in [0, 0.05) is 11.6 Å². The smallest absolute Gasteiger partial charge is 0.127 e. The molecule has 0 unspecified atom stereocenters.